The Morgan fingerprint density at radius 3 is 2.14 bits per heavy atom. The largest absolute Gasteiger partial charge is 0.354 e. The summed E-state index contributed by atoms with van der Waals surface area (Å²) in [6.45, 7) is -0.218. The number of aromatic nitrogens is 1. The van der Waals surface area contributed by atoms with E-state index in [2.05, 4.69) is 4.98 Å². The molecular formula is C22H16Cl2N2O2. The predicted octanol–water partition coefficient (Wildman–Crippen LogP) is 6.55. The summed E-state index contributed by atoms with van der Waals surface area (Å²) in [4.78, 5) is 14.7. The number of benzene rings is 3. The Bertz CT molecular complexity index is 1140. The van der Waals surface area contributed by atoms with E-state index in [1.807, 2.05) is 60.7 Å². The molecule has 140 valence electrons. The van der Waals surface area contributed by atoms with Gasteiger partial charge in [-0.1, -0.05) is 65.7 Å². The molecule has 0 radical (unpaired) electrons. The molecule has 0 saturated heterocycles. The molecule has 1 heterocycles. The lowest BCUT2D eigenvalue weighted by Crippen LogP contribution is -2.14. The number of rotatable bonds is 5. The number of nitrogens with zero attached hydrogens (tertiary/aromatic N) is 1. The number of aromatic amines is 1. The quantitative estimate of drug-likeness (QED) is 0.299. The molecule has 0 bridgehead atoms. The van der Waals surface area contributed by atoms with Gasteiger partial charge in [-0.3, -0.25) is 10.1 Å². The monoisotopic (exact) mass is 410 g/mol. The second kappa shape index (κ2) is 7.66. The van der Waals surface area contributed by atoms with Gasteiger partial charge in [-0.2, -0.15) is 0 Å². The van der Waals surface area contributed by atoms with Crippen molar-refractivity contribution in [2.75, 3.05) is 6.54 Å². The lowest BCUT2D eigenvalue weighted by Gasteiger charge is -2.16. The topological polar surface area (TPSA) is 58.9 Å². The van der Waals surface area contributed by atoms with Crippen molar-refractivity contribution in [2.45, 2.75) is 5.92 Å². The number of para-hydroxylation sites is 1. The summed E-state index contributed by atoms with van der Waals surface area (Å²) < 4.78 is 0. The van der Waals surface area contributed by atoms with Crippen molar-refractivity contribution in [1.29, 1.82) is 0 Å². The summed E-state index contributed by atoms with van der Waals surface area (Å²) in [5.41, 5.74) is 4.47. The minimum Gasteiger partial charge on any atom is -0.354 e. The van der Waals surface area contributed by atoms with Gasteiger partial charge < -0.3 is 4.98 Å². The highest BCUT2D eigenvalue weighted by Gasteiger charge is 2.27. The average Bonchev–Trinajstić information content (AvgIpc) is 3.06. The van der Waals surface area contributed by atoms with Gasteiger partial charge in [0.25, 0.3) is 0 Å². The van der Waals surface area contributed by atoms with Crippen LogP contribution in [-0.2, 0) is 0 Å². The highest BCUT2D eigenvalue weighted by atomic mass is 35.5. The second-order valence-corrected chi connectivity index (χ2v) is 7.46. The van der Waals surface area contributed by atoms with Crippen molar-refractivity contribution in [3.63, 3.8) is 0 Å². The Hall–Kier alpha value is -2.82. The van der Waals surface area contributed by atoms with E-state index in [4.69, 9.17) is 23.2 Å². The minimum absolute atomic E-state index is 0.218. The lowest BCUT2D eigenvalue weighted by molar-refractivity contribution is -0.481. The maximum atomic E-state index is 11.5. The van der Waals surface area contributed by atoms with Crippen molar-refractivity contribution in [1.82, 2.24) is 4.98 Å². The molecule has 0 unspecified atom stereocenters. The molecule has 4 rings (SSSR count). The van der Waals surface area contributed by atoms with Gasteiger partial charge in [-0.05, 0) is 47.0 Å². The Morgan fingerprint density at radius 2 is 1.50 bits per heavy atom. The van der Waals surface area contributed by atoms with Crippen LogP contribution in [0, 0.1) is 10.1 Å². The fraction of sp³-hybridized carbons (Fsp3) is 0.0909. The number of nitro groups is 1. The molecule has 4 aromatic rings. The first-order valence-electron chi connectivity index (χ1n) is 8.77. The van der Waals surface area contributed by atoms with Crippen LogP contribution in [0.5, 0.6) is 0 Å². The van der Waals surface area contributed by atoms with Crippen LogP contribution in [0.1, 0.15) is 17.0 Å². The van der Waals surface area contributed by atoms with E-state index >= 15 is 0 Å². The van der Waals surface area contributed by atoms with Gasteiger partial charge in [0.15, 0.2) is 0 Å². The van der Waals surface area contributed by atoms with E-state index < -0.39 is 5.92 Å². The van der Waals surface area contributed by atoms with Gasteiger partial charge in [-0.15, -0.1) is 0 Å². The molecule has 1 N–H and O–H groups in total. The third kappa shape index (κ3) is 3.61. The van der Waals surface area contributed by atoms with E-state index in [0.29, 0.717) is 10.0 Å². The first-order valence-corrected chi connectivity index (χ1v) is 9.52. The molecule has 0 aliphatic carbocycles. The standard InChI is InChI=1S/C22H16Cl2N2O2/c23-16-9-5-14(6-10-16)19(13-26(27)28)21-18-3-1-2-4-20(18)25-22(21)15-7-11-17(24)12-8-15/h1-12,19,25H,13H2/t19-/m0/s1. The molecule has 0 aliphatic rings. The summed E-state index contributed by atoms with van der Waals surface area (Å²) in [5.74, 6) is -0.422. The summed E-state index contributed by atoms with van der Waals surface area (Å²) >= 11 is 12.1. The third-order valence-electron chi connectivity index (χ3n) is 4.83. The molecule has 0 aliphatic heterocycles. The van der Waals surface area contributed by atoms with Crippen molar-refractivity contribution in [3.05, 3.63) is 104 Å². The fourth-order valence-electron chi connectivity index (χ4n) is 3.58. The first-order chi connectivity index (χ1) is 13.5. The lowest BCUT2D eigenvalue weighted by atomic mass is 9.87. The van der Waals surface area contributed by atoms with Crippen molar-refractivity contribution in [3.8, 4) is 11.3 Å². The van der Waals surface area contributed by atoms with Crippen LogP contribution in [0.25, 0.3) is 22.2 Å². The van der Waals surface area contributed by atoms with E-state index in [1.165, 1.54) is 0 Å². The number of nitrogens with one attached hydrogen (secondary N) is 1. The number of hydrogen-bond acceptors (Lipinski definition) is 2. The summed E-state index contributed by atoms with van der Waals surface area (Å²) in [6.07, 6.45) is 0. The maximum absolute atomic E-state index is 11.5. The van der Waals surface area contributed by atoms with Crippen LogP contribution in [0.3, 0.4) is 0 Å². The van der Waals surface area contributed by atoms with Gasteiger partial charge in [0.05, 0.1) is 11.6 Å². The van der Waals surface area contributed by atoms with Gasteiger partial charge in [0, 0.05) is 25.9 Å². The number of fused-ring (bicyclic) bond motifs is 1. The number of H-pyrrole nitrogens is 1. The Morgan fingerprint density at radius 1 is 0.893 bits per heavy atom. The zero-order valence-electron chi connectivity index (χ0n) is 14.7. The Kier molecular flexibility index (Phi) is 5.07. The molecule has 3 aromatic carbocycles. The van der Waals surface area contributed by atoms with Crippen LogP contribution in [-0.4, -0.2) is 16.5 Å². The van der Waals surface area contributed by atoms with Crippen molar-refractivity contribution >= 4 is 34.1 Å². The molecular weight excluding hydrogens is 395 g/mol. The number of hydrogen-bond donors (Lipinski definition) is 1. The SMILES string of the molecule is O=[N+]([O-])C[C@@H](c1ccc(Cl)cc1)c1c(-c2ccc(Cl)cc2)[nH]c2ccccc12. The zero-order valence-corrected chi connectivity index (χ0v) is 16.2. The van der Waals surface area contributed by atoms with E-state index in [1.54, 1.807) is 12.1 Å². The summed E-state index contributed by atoms with van der Waals surface area (Å²) in [7, 11) is 0. The molecule has 0 spiro atoms. The highest BCUT2D eigenvalue weighted by molar-refractivity contribution is 6.30. The smallest absolute Gasteiger partial charge is 0.214 e. The molecule has 0 saturated carbocycles. The Balaban J connectivity index is 1.97. The van der Waals surface area contributed by atoms with Crippen molar-refractivity contribution in [2.24, 2.45) is 0 Å². The van der Waals surface area contributed by atoms with Gasteiger partial charge in [0.1, 0.15) is 0 Å². The van der Waals surface area contributed by atoms with Crippen LogP contribution in [0.15, 0.2) is 72.8 Å². The maximum Gasteiger partial charge on any atom is 0.214 e. The molecule has 6 heteroatoms. The second-order valence-electron chi connectivity index (χ2n) is 6.59. The molecule has 1 aromatic heterocycles. The predicted molar refractivity (Wildman–Crippen MR) is 114 cm³/mol. The van der Waals surface area contributed by atoms with E-state index in [0.717, 1.165) is 33.3 Å². The molecule has 0 amide bonds. The fourth-order valence-corrected chi connectivity index (χ4v) is 3.83. The highest BCUT2D eigenvalue weighted by Crippen LogP contribution is 2.39. The summed E-state index contributed by atoms with van der Waals surface area (Å²) in [5, 5.41) is 13.7. The normalized spacial score (nSPS) is 12.2. The summed E-state index contributed by atoms with van der Waals surface area (Å²) in [6, 6.07) is 22.6. The van der Waals surface area contributed by atoms with E-state index in [-0.39, 0.29) is 11.5 Å². The van der Waals surface area contributed by atoms with Gasteiger partial charge >= 0.3 is 0 Å². The zero-order chi connectivity index (χ0) is 19.7. The van der Waals surface area contributed by atoms with Crippen molar-refractivity contribution < 1.29 is 4.92 Å². The third-order valence-corrected chi connectivity index (χ3v) is 5.34. The van der Waals surface area contributed by atoms with Crippen LogP contribution < -0.4 is 0 Å². The van der Waals surface area contributed by atoms with E-state index in [9.17, 15) is 10.1 Å². The number of halogens is 2. The average molecular weight is 411 g/mol. The molecule has 0 fully saturated rings. The van der Waals surface area contributed by atoms with Gasteiger partial charge in [-0.25, -0.2) is 0 Å². The molecule has 28 heavy (non-hydrogen) atoms. The molecule has 1 atom stereocenters. The minimum atomic E-state index is -0.422. The van der Waals surface area contributed by atoms with Crippen LogP contribution >= 0.6 is 23.2 Å². The van der Waals surface area contributed by atoms with Crippen LogP contribution in [0.4, 0.5) is 0 Å². The Labute approximate surface area is 171 Å². The first kappa shape index (κ1) is 18.5. The molecule has 4 nitrogen and oxygen atoms in total. The van der Waals surface area contributed by atoms with Crippen LogP contribution in [0.2, 0.25) is 10.0 Å². The van der Waals surface area contributed by atoms with Gasteiger partial charge in [0.2, 0.25) is 6.54 Å².